The topological polar surface area (TPSA) is 28.5 Å². The molecule has 0 aliphatic heterocycles. The lowest BCUT2D eigenvalue weighted by atomic mass is 10.1. The van der Waals surface area contributed by atoms with Gasteiger partial charge in [-0.3, -0.25) is 0 Å². The molecule has 0 fully saturated rings. The number of benzene rings is 2. The third kappa shape index (κ3) is 5.96. The summed E-state index contributed by atoms with van der Waals surface area (Å²) >= 11 is 5.31. The molecule has 23 heavy (non-hydrogen) atoms. The van der Waals surface area contributed by atoms with Gasteiger partial charge in [0, 0.05) is 18.7 Å². The van der Waals surface area contributed by atoms with Gasteiger partial charge in [0.2, 0.25) is 0 Å². The van der Waals surface area contributed by atoms with Crippen molar-refractivity contribution in [1.82, 2.24) is 10.6 Å². The summed E-state index contributed by atoms with van der Waals surface area (Å²) in [6.07, 6.45) is 0. The van der Waals surface area contributed by atoms with Gasteiger partial charge in [-0.25, -0.2) is 4.39 Å². The Hall–Kier alpha value is -1.98. The second kappa shape index (κ2) is 8.60. The number of thiocarbonyl (C=S) groups is 1. The van der Waals surface area contributed by atoms with Crippen LogP contribution in [-0.4, -0.2) is 19.2 Å². The molecule has 0 unspecified atom stereocenters. The molecule has 0 aliphatic carbocycles. The molecule has 5 heteroatoms. The van der Waals surface area contributed by atoms with E-state index in [-0.39, 0.29) is 5.82 Å². The average molecular weight is 332 g/mol. The van der Waals surface area contributed by atoms with E-state index in [4.69, 9.17) is 12.2 Å². The third-order valence-electron chi connectivity index (χ3n) is 3.47. The molecule has 0 radical (unpaired) electrons. The zero-order valence-corrected chi connectivity index (χ0v) is 14.3. The molecule has 0 aromatic heterocycles. The molecule has 0 bridgehead atoms. The van der Waals surface area contributed by atoms with E-state index in [0.717, 1.165) is 12.1 Å². The van der Waals surface area contributed by atoms with Gasteiger partial charge in [-0.2, -0.15) is 0 Å². The van der Waals surface area contributed by atoms with Crippen LogP contribution in [0.15, 0.2) is 48.5 Å². The Morgan fingerprint density at radius 2 is 1.57 bits per heavy atom. The highest BCUT2D eigenvalue weighted by Crippen LogP contribution is 2.07. The van der Waals surface area contributed by atoms with Crippen LogP contribution in [0.3, 0.4) is 0 Å². The van der Waals surface area contributed by atoms with E-state index in [2.05, 4.69) is 42.9 Å². The highest BCUT2D eigenvalue weighted by atomic mass is 32.1. The van der Waals surface area contributed by atoms with Crippen LogP contribution in [0.2, 0.25) is 0 Å². The lowest BCUT2D eigenvalue weighted by molar-refractivity contribution is -0.872. The minimum atomic E-state index is -0.228. The molecule has 0 amide bonds. The number of nitrogens with one attached hydrogen (secondary N) is 3. The van der Waals surface area contributed by atoms with E-state index in [1.165, 1.54) is 28.2 Å². The SMILES string of the molecule is C[NH+](C)Cc1ccccc1CNC(=S)NCc1ccc(F)cc1. The first kappa shape index (κ1) is 17.4. The van der Waals surface area contributed by atoms with Crippen molar-refractivity contribution in [1.29, 1.82) is 0 Å². The third-order valence-corrected chi connectivity index (χ3v) is 3.76. The second-order valence-corrected chi connectivity index (χ2v) is 6.22. The minimum Gasteiger partial charge on any atom is -0.359 e. The summed E-state index contributed by atoms with van der Waals surface area (Å²) in [6.45, 7) is 2.25. The summed E-state index contributed by atoms with van der Waals surface area (Å²) < 4.78 is 12.9. The number of hydrogen-bond donors (Lipinski definition) is 3. The van der Waals surface area contributed by atoms with Crippen molar-refractivity contribution in [2.75, 3.05) is 14.1 Å². The minimum absolute atomic E-state index is 0.228. The van der Waals surface area contributed by atoms with Crippen LogP contribution >= 0.6 is 12.2 Å². The Balaban J connectivity index is 1.83. The molecule has 0 aliphatic rings. The van der Waals surface area contributed by atoms with E-state index < -0.39 is 0 Å². The summed E-state index contributed by atoms with van der Waals surface area (Å²) in [5, 5.41) is 6.97. The first-order valence-corrected chi connectivity index (χ1v) is 8.07. The van der Waals surface area contributed by atoms with Gasteiger partial charge in [0.15, 0.2) is 5.11 Å². The van der Waals surface area contributed by atoms with Crippen LogP contribution < -0.4 is 15.5 Å². The van der Waals surface area contributed by atoms with Gasteiger partial charge in [-0.1, -0.05) is 36.4 Å². The molecule has 2 aromatic carbocycles. The van der Waals surface area contributed by atoms with Crippen molar-refractivity contribution in [2.45, 2.75) is 19.6 Å². The van der Waals surface area contributed by atoms with E-state index in [1.54, 1.807) is 12.1 Å². The predicted octanol–water partition coefficient (Wildman–Crippen LogP) is 1.63. The number of hydrogen-bond acceptors (Lipinski definition) is 1. The maximum Gasteiger partial charge on any atom is 0.166 e. The van der Waals surface area contributed by atoms with Crippen LogP contribution in [0, 0.1) is 5.82 Å². The fraction of sp³-hybridized carbons (Fsp3) is 0.278. The number of rotatable bonds is 6. The van der Waals surface area contributed by atoms with Crippen LogP contribution in [-0.2, 0) is 19.6 Å². The van der Waals surface area contributed by atoms with Gasteiger partial charge in [0.05, 0.1) is 14.1 Å². The number of quaternary nitrogens is 1. The summed E-state index contributed by atoms with van der Waals surface area (Å²) in [5.41, 5.74) is 3.56. The summed E-state index contributed by atoms with van der Waals surface area (Å²) in [4.78, 5) is 1.38. The Morgan fingerprint density at radius 3 is 2.22 bits per heavy atom. The first-order chi connectivity index (χ1) is 11.0. The maximum absolute atomic E-state index is 12.9. The first-order valence-electron chi connectivity index (χ1n) is 7.66. The predicted molar refractivity (Wildman–Crippen MR) is 95.6 cm³/mol. The zero-order valence-electron chi connectivity index (χ0n) is 13.5. The van der Waals surface area contributed by atoms with Crippen molar-refractivity contribution in [2.24, 2.45) is 0 Å². The molecule has 3 N–H and O–H groups in total. The molecule has 0 spiro atoms. The molecule has 0 heterocycles. The Bertz CT molecular complexity index is 641. The van der Waals surface area contributed by atoms with Crippen molar-refractivity contribution in [3.05, 3.63) is 71.0 Å². The lowest BCUT2D eigenvalue weighted by Crippen LogP contribution is -3.04. The largest absolute Gasteiger partial charge is 0.359 e. The monoisotopic (exact) mass is 332 g/mol. The molecule has 0 saturated carbocycles. The molecular formula is C18H23FN3S+. The Morgan fingerprint density at radius 1 is 0.957 bits per heavy atom. The second-order valence-electron chi connectivity index (χ2n) is 5.82. The van der Waals surface area contributed by atoms with Gasteiger partial charge in [-0.15, -0.1) is 0 Å². The van der Waals surface area contributed by atoms with Crippen molar-refractivity contribution < 1.29 is 9.29 Å². The van der Waals surface area contributed by atoms with Crippen molar-refractivity contribution >= 4 is 17.3 Å². The zero-order chi connectivity index (χ0) is 16.7. The standard InChI is InChI=1S/C18H22FN3S/c1-22(2)13-16-6-4-3-5-15(16)12-21-18(23)20-11-14-7-9-17(19)10-8-14/h3-10H,11-13H2,1-2H3,(H2,20,21,23)/p+1. The molecule has 3 nitrogen and oxygen atoms in total. The van der Waals surface area contributed by atoms with Gasteiger partial charge in [0.25, 0.3) is 0 Å². The van der Waals surface area contributed by atoms with E-state index in [9.17, 15) is 4.39 Å². The van der Waals surface area contributed by atoms with Gasteiger partial charge >= 0.3 is 0 Å². The van der Waals surface area contributed by atoms with Gasteiger partial charge < -0.3 is 15.5 Å². The quantitative estimate of drug-likeness (QED) is 0.703. The summed E-state index contributed by atoms with van der Waals surface area (Å²) in [7, 11) is 4.28. The van der Waals surface area contributed by atoms with Gasteiger partial charge in [0.1, 0.15) is 12.4 Å². The van der Waals surface area contributed by atoms with Crippen LogP contribution in [0.1, 0.15) is 16.7 Å². The molecule has 0 atom stereocenters. The molecular weight excluding hydrogens is 309 g/mol. The fourth-order valence-electron chi connectivity index (χ4n) is 2.31. The van der Waals surface area contributed by atoms with Crippen LogP contribution in [0.5, 0.6) is 0 Å². The van der Waals surface area contributed by atoms with Crippen molar-refractivity contribution in [3.8, 4) is 0 Å². The van der Waals surface area contributed by atoms with Gasteiger partial charge in [-0.05, 0) is 35.5 Å². The summed E-state index contributed by atoms with van der Waals surface area (Å²) in [6, 6.07) is 14.8. The van der Waals surface area contributed by atoms with E-state index in [0.29, 0.717) is 18.2 Å². The highest BCUT2D eigenvalue weighted by molar-refractivity contribution is 7.80. The lowest BCUT2D eigenvalue weighted by Gasteiger charge is -2.14. The fourth-order valence-corrected chi connectivity index (χ4v) is 2.45. The maximum atomic E-state index is 12.9. The molecule has 2 rings (SSSR count). The van der Waals surface area contributed by atoms with Crippen LogP contribution in [0.25, 0.3) is 0 Å². The summed E-state index contributed by atoms with van der Waals surface area (Å²) in [5.74, 6) is -0.228. The molecule has 2 aromatic rings. The Labute approximate surface area is 142 Å². The Kier molecular flexibility index (Phi) is 6.50. The van der Waals surface area contributed by atoms with E-state index >= 15 is 0 Å². The van der Waals surface area contributed by atoms with Crippen molar-refractivity contribution in [3.63, 3.8) is 0 Å². The molecule has 0 saturated heterocycles. The van der Waals surface area contributed by atoms with Crippen LogP contribution in [0.4, 0.5) is 4.39 Å². The van der Waals surface area contributed by atoms with E-state index in [1.807, 2.05) is 6.07 Å². The average Bonchev–Trinajstić information content (AvgIpc) is 2.53. The molecule has 122 valence electrons. The highest BCUT2D eigenvalue weighted by Gasteiger charge is 2.05. The number of halogens is 1. The normalized spacial score (nSPS) is 10.6. The smallest absolute Gasteiger partial charge is 0.166 e.